The normalized spacial score (nSPS) is 16.2. The van der Waals surface area contributed by atoms with Crippen LogP contribution in [0.1, 0.15) is 28.8 Å². The van der Waals surface area contributed by atoms with Crippen LogP contribution < -0.4 is 4.74 Å². The SMILES string of the molecule is COc1ccc(C(=O)N2CCC(C(=O)O)(c3ccccc3)CC2)cc1F. The van der Waals surface area contributed by atoms with Crippen LogP contribution >= 0.6 is 0 Å². The fourth-order valence-corrected chi connectivity index (χ4v) is 3.46. The van der Waals surface area contributed by atoms with Gasteiger partial charge >= 0.3 is 5.97 Å². The number of methoxy groups -OCH3 is 1. The van der Waals surface area contributed by atoms with Crippen LogP contribution in [-0.2, 0) is 10.2 Å². The summed E-state index contributed by atoms with van der Waals surface area (Å²) in [5, 5.41) is 9.81. The van der Waals surface area contributed by atoms with Gasteiger partial charge in [-0.3, -0.25) is 9.59 Å². The quantitative estimate of drug-likeness (QED) is 0.913. The minimum absolute atomic E-state index is 0.0779. The molecule has 0 aliphatic carbocycles. The Morgan fingerprint density at radius 2 is 1.77 bits per heavy atom. The zero-order valence-corrected chi connectivity index (χ0v) is 14.4. The highest BCUT2D eigenvalue weighted by Gasteiger charge is 2.43. The standard InChI is InChI=1S/C20H20FNO4/c1-26-17-8-7-14(13-16(17)21)18(23)22-11-9-20(10-12-22,19(24)25)15-5-3-2-4-6-15/h2-8,13H,9-12H2,1H3,(H,24,25). The van der Waals surface area contributed by atoms with E-state index in [2.05, 4.69) is 0 Å². The van der Waals surface area contributed by atoms with Crippen LogP contribution in [0.2, 0.25) is 0 Å². The van der Waals surface area contributed by atoms with Crippen molar-refractivity contribution in [3.8, 4) is 5.75 Å². The number of amides is 1. The number of ether oxygens (including phenoxy) is 1. The minimum atomic E-state index is -0.997. The highest BCUT2D eigenvalue weighted by Crippen LogP contribution is 2.36. The summed E-state index contributed by atoms with van der Waals surface area (Å²) in [7, 11) is 1.36. The molecule has 0 aromatic heterocycles. The number of hydrogen-bond acceptors (Lipinski definition) is 3. The smallest absolute Gasteiger partial charge is 0.314 e. The average Bonchev–Trinajstić information content (AvgIpc) is 2.68. The van der Waals surface area contributed by atoms with Gasteiger partial charge in [-0.1, -0.05) is 30.3 Å². The van der Waals surface area contributed by atoms with E-state index in [4.69, 9.17) is 4.74 Å². The number of likely N-dealkylation sites (tertiary alicyclic amines) is 1. The predicted octanol–water partition coefficient (Wildman–Crippen LogP) is 3.09. The Morgan fingerprint density at radius 3 is 2.31 bits per heavy atom. The molecule has 1 fully saturated rings. The maximum Gasteiger partial charge on any atom is 0.314 e. The Morgan fingerprint density at radius 1 is 1.12 bits per heavy atom. The lowest BCUT2D eigenvalue weighted by Crippen LogP contribution is -2.49. The molecule has 2 aromatic rings. The van der Waals surface area contributed by atoms with Crippen LogP contribution in [-0.4, -0.2) is 42.1 Å². The van der Waals surface area contributed by atoms with E-state index in [0.717, 1.165) is 11.6 Å². The van der Waals surface area contributed by atoms with E-state index in [1.807, 2.05) is 30.3 Å². The Bertz CT molecular complexity index is 814. The third-order valence-electron chi connectivity index (χ3n) is 5.04. The van der Waals surface area contributed by atoms with E-state index >= 15 is 0 Å². The van der Waals surface area contributed by atoms with Crippen LogP contribution in [0, 0.1) is 5.82 Å². The van der Waals surface area contributed by atoms with Crippen molar-refractivity contribution in [3.63, 3.8) is 0 Å². The molecule has 0 atom stereocenters. The first-order valence-electron chi connectivity index (χ1n) is 8.40. The van der Waals surface area contributed by atoms with Gasteiger partial charge in [0.05, 0.1) is 12.5 Å². The molecule has 1 N–H and O–H groups in total. The highest BCUT2D eigenvalue weighted by molar-refractivity contribution is 5.94. The first-order chi connectivity index (χ1) is 12.5. The van der Waals surface area contributed by atoms with Gasteiger partial charge < -0.3 is 14.7 Å². The summed E-state index contributed by atoms with van der Waals surface area (Å²) in [6.07, 6.45) is 0.632. The molecule has 1 aliphatic heterocycles. The van der Waals surface area contributed by atoms with E-state index in [9.17, 15) is 19.1 Å². The maximum absolute atomic E-state index is 13.9. The summed E-state index contributed by atoms with van der Waals surface area (Å²) in [4.78, 5) is 26.2. The largest absolute Gasteiger partial charge is 0.494 e. The van der Waals surface area contributed by atoms with Crippen LogP contribution in [0.25, 0.3) is 0 Å². The Kier molecular flexibility index (Phi) is 4.93. The molecule has 0 bridgehead atoms. The zero-order valence-electron chi connectivity index (χ0n) is 14.4. The Labute approximate surface area is 151 Å². The number of hydrogen-bond donors (Lipinski definition) is 1. The first kappa shape index (κ1) is 17.9. The molecule has 1 heterocycles. The molecule has 0 saturated carbocycles. The number of nitrogens with zero attached hydrogens (tertiary/aromatic N) is 1. The molecule has 1 saturated heterocycles. The molecule has 0 radical (unpaired) electrons. The van der Waals surface area contributed by atoms with E-state index in [1.165, 1.54) is 19.2 Å². The van der Waals surface area contributed by atoms with Gasteiger partial charge in [-0.2, -0.15) is 0 Å². The lowest BCUT2D eigenvalue weighted by atomic mass is 9.73. The second-order valence-corrected chi connectivity index (χ2v) is 6.39. The molecule has 136 valence electrons. The number of carboxylic acids is 1. The van der Waals surface area contributed by atoms with Crippen molar-refractivity contribution in [1.82, 2.24) is 4.90 Å². The van der Waals surface area contributed by atoms with Crippen molar-refractivity contribution in [2.45, 2.75) is 18.3 Å². The highest BCUT2D eigenvalue weighted by atomic mass is 19.1. The van der Waals surface area contributed by atoms with Crippen LogP contribution in [0.15, 0.2) is 48.5 Å². The van der Waals surface area contributed by atoms with Gasteiger partial charge in [0.25, 0.3) is 5.91 Å². The van der Waals surface area contributed by atoms with Crippen LogP contribution in [0.4, 0.5) is 4.39 Å². The second-order valence-electron chi connectivity index (χ2n) is 6.39. The van der Waals surface area contributed by atoms with Crippen molar-refractivity contribution in [1.29, 1.82) is 0 Å². The van der Waals surface area contributed by atoms with Gasteiger partial charge in [0.2, 0.25) is 0 Å². The number of carbonyl (C=O) groups excluding carboxylic acids is 1. The van der Waals surface area contributed by atoms with Crippen molar-refractivity contribution in [2.24, 2.45) is 0 Å². The number of piperidine rings is 1. The van der Waals surface area contributed by atoms with E-state index in [1.54, 1.807) is 4.90 Å². The van der Waals surface area contributed by atoms with Gasteiger partial charge in [0, 0.05) is 18.7 Å². The fourth-order valence-electron chi connectivity index (χ4n) is 3.46. The Hall–Kier alpha value is -2.89. The Balaban J connectivity index is 1.78. The van der Waals surface area contributed by atoms with Gasteiger partial charge in [0.15, 0.2) is 11.6 Å². The lowest BCUT2D eigenvalue weighted by molar-refractivity contribution is -0.145. The summed E-state index contributed by atoms with van der Waals surface area (Å²) in [5.74, 6) is -1.71. The number of benzene rings is 2. The van der Waals surface area contributed by atoms with Gasteiger partial charge in [-0.05, 0) is 36.6 Å². The third-order valence-corrected chi connectivity index (χ3v) is 5.04. The predicted molar refractivity (Wildman–Crippen MR) is 93.8 cm³/mol. The van der Waals surface area contributed by atoms with Crippen molar-refractivity contribution in [2.75, 3.05) is 20.2 Å². The molecule has 6 heteroatoms. The first-order valence-corrected chi connectivity index (χ1v) is 8.40. The van der Waals surface area contributed by atoms with Gasteiger partial charge in [-0.15, -0.1) is 0 Å². The molecule has 5 nitrogen and oxygen atoms in total. The molecule has 3 rings (SSSR count). The molecular weight excluding hydrogens is 337 g/mol. The third kappa shape index (κ3) is 3.14. The summed E-state index contributed by atoms with van der Waals surface area (Å²) in [5.41, 5.74) is -0.0237. The summed E-state index contributed by atoms with van der Waals surface area (Å²) in [6, 6.07) is 13.2. The number of halogens is 1. The van der Waals surface area contributed by atoms with Crippen LogP contribution in [0.3, 0.4) is 0 Å². The summed E-state index contributed by atoms with van der Waals surface area (Å²) in [6.45, 7) is 0.599. The minimum Gasteiger partial charge on any atom is -0.494 e. The van der Waals surface area contributed by atoms with Crippen molar-refractivity contribution >= 4 is 11.9 Å². The van der Waals surface area contributed by atoms with E-state index in [0.29, 0.717) is 25.9 Å². The summed E-state index contributed by atoms with van der Waals surface area (Å²) >= 11 is 0. The molecular formula is C20H20FNO4. The lowest BCUT2D eigenvalue weighted by Gasteiger charge is -2.39. The topological polar surface area (TPSA) is 66.8 Å². The molecule has 26 heavy (non-hydrogen) atoms. The van der Waals surface area contributed by atoms with E-state index < -0.39 is 17.2 Å². The van der Waals surface area contributed by atoms with Crippen LogP contribution in [0.5, 0.6) is 5.75 Å². The zero-order chi connectivity index (χ0) is 18.7. The second kappa shape index (κ2) is 7.15. The fraction of sp³-hybridized carbons (Fsp3) is 0.300. The number of aliphatic carboxylic acids is 1. The number of rotatable bonds is 4. The molecule has 1 aliphatic rings. The number of carboxylic acid groups (broad SMARTS) is 1. The monoisotopic (exact) mass is 357 g/mol. The molecule has 2 aromatic carbocycles. The maximum atomic E-state index is 13.9. The molecule has 0 spiro atoms. The van der Waals surface area contributed by atoms with E-state index in [-0.39, 0.29) is 17.2 Å². The van der Waals surface area contributed by atoms with Crippen molar-refractivity contribution < 1.29 is 23.8 Å². The van der Waals surface area contributed by atoms with Gasteiger partial charge in [-0.25, -0.2) is 4.39 Å². The molecule has 1 amide bonds. The van der Waals surface area contributed by atoms with Gasteiger partial charge in [0.1, 0.15) is 0 Å². The average molecular weight is 357 g/mol. The number of carbonyl (C=O) groups is 2. The molecule has 0 unspecified atom stereocenters. The summed E-state index contributed by atoms with van der Waals surface area (Å²) < 4.78 is 18.7. The van der Waals surface area contributed by atoms with Crippen molar-refractivity contribution in [3.05, 3.63) is 65.5 Å².